The van der Waals surface area contributed by atoms with Crippen LogP contribution in [0, 0.1) is 18.8 Å². The molecule has 0 radical (unpaired) electrons. The van der Waals surface area contributed by atoms with Gasteiger partial charge in [0.05, 0.1) is 5.69 Å². The number of aryl methyl sites for hydroxylation is 1. The molecular formula is C21H28N2O3. The maximum absolute atomic E-state index is 5.48. The highest BCUT2D eigenvalue weighted by Gasteiger charge is 2.28. The highest BCUT2D eigenvalue weighted by molar-refractivity contribution is 5.44. The van der Waals surface area contributed by atoms with Crippen molar-refractivity contribution in [2.45, 2.75) is 52.0 Å². The van der Waals surface area contributed by atoms with Gasteiger partial charge in [-0.3, -0.25) is 0 Å². The fourth-order valence-electron chi connectivity index (χ4n) is 4.22. The molecule has 1 N–H and O–H groups in total. The first kappa shape index (κ1) is 17.4. The fraction of sp³-hybridized carbons (Fsp3) is 0.571. The Kier molecular flexibility index (Phi) is 5.16. The molecule has 0 spiro atoms. The molecule has 26 heavy (non-hydrogen) atoms. The molecule has 0 bridgehead atoms. The number of hydrogen-bond donors (Lipinski definition) is 1. The number of rotatable bonds is 7. The van der Waals surface area contributed by atoms with Crippen LogP contribution in [-0.4, -0.2) is 24.5 Å². The summed E-state index contributed by atoms with van der Waals surface area (Å²) in [5.41, 5.74) is 2.28. The number of nitrogens with zero attached hydrogens (tertiary/aromatic N) is 1. The standard InChI is InChI=1S/C21H28N2O3/c1-14(8-16-6-7-20-21(10-16)25-13-24-20)12-22-19-5-3-4-17(19)11-18-9-15(2)23-26-18/h6-7,9-10,14,17,19,22H,3-5,8,11-13H2,1-2H3/t14-,17-,19+/m0/s1. The Hall–Kier alpha value is -2.01. The molecule has 1 aromatic heterocycles. The quantitative estimate of drug-likeness (QED) is 0.816. The molecule has 2 aromatic rings. The van der Waals surface area contributed by atoms with E-state index in [2.05, 4.69) is 35.6 Å². The van der Waals surface area contributed by atoms with Gasteiger partial charge in [-0.25, -0.2) is 0 Å². The predicted octanol–water partition coefficient (Wildman–Crippen LogP) is 3.89. The minimum absolute atomic E-state index is 0.337. The summed E-state index contributed by atoms with van der Waals surface area (Å²) in [6.07, 6.45) is 5.87. The summed E-state index contributed by atoms with van der Waals surface area (Å²) in [5.74, 6) is 3.98. The van der Waals surface area contributed by atoms with Gasteiger partial charge in [0.25, 0.3) is 0 Å². The van der Waals surface area contributed by atoms with Crippen LogP contribution < -0.4 is 14.8 Å². The molecule has 1 aliphatic heterocycles. The van der Waals surface area contributed by atoms with Crippen molar-refractivity contribution in [3.05, 3.63) is 41.3 Å². The van der Waals surface area contributed by atoms with Crippen LogP contribution >= 0.6 is 0 Å². The fourth-order valence-corrected chi connectivity index (χ4v) is 4.22. The second-order valence-corrected chi connectivity index (χ2v) is 7.84. The third-order valence-corrected chi connectivity index (χ3v) is 5.55. The number of nitrogens with one attached hydrogen (secondary N) is 1. The monoisotopic (exact) mass is 356 g/mol. The van der Waals surface area contributed by atoms with Crippen molar-refractivity contribution < 1.29 is 14.0 Å². The van der Waals surface area contributed by atoms with E-state index < -0.39 is 0 Å². The Morgan fingerprint density at radius 1 is 1.19 bits per heavy atom. The van der Waals surface area contributed by atoms with Gasteiger partial charge in [0.15, 0.2) is 11.5 Å². The number of hydrogen-bond acceptors (Lipinski definition) is 5. The van der Waals surface area contributed by atoms with E-state index in [4.69, 9.17) is 14.0 Å². The second kappa shape index (κ2) is 7.70. The first-order valence-electron chi connectivity index (χ1n) is 9.71. The van der Waals surface area contributed by atoms with Crippen LogP contribution in [0.25, 0.3) is 0 Å². The van der Waals surface area contributed by atoms with E-state index in [1.54, 1.807) is 0 Å². The first-order valence-corrected chi connectivity index (χ1v) is 9.71. The van der Waals surface area contributed by atoms with Crippen molar-refractivity contribution in [3.8, 4) is 11.5 Å². The highest BCUT2D eigenvalue weighted by atomic mass is 16.7. The molecular weight excluding hydrogens is 328 g/mol. The number of fused-ring (bicyclic) bond motifs is 1. The van der Waals surface area contributed by atoms with Crippen LogP contribution in [0.3, 0.4) is 0 Å². The lowest BCUT2D eigenvalue weighted by molar-refractivity contribution is 0.174. The molecule has 2 aliphatic rings. The second-order valence-electron chi connectivity index (χ2n) is 7.84. The Labute approximate surface area is 155 Å². The molecule has 5 heteroatoms. The molecule has 1 aliphatic carbocycles. The summed E-state index contributed by atoms with van der Waals surface area (Å²) in [5, 5.41) is 7.83. The van der Waals surface area contributed by atoms with Gasteiger partial charge in [-0.05, 0) is 62.3 Å². The van der Waals surface area contributed by atoms with E-state index in [1.165, 1.54) is 24.8 Å². The summed E-state index contributed by atoms with van der Waals surface area (Å²) < 4.78 is 16.3. The minimum Gasteiger partial charge on any atom is -0.454 e. The van der Waals surface area contributed by atoms with Crippen LogP contribution in [0.5, 0.6) is 11.5 Å². The largest absolute Gasteiger partial charge is 0.454 e. The average molecular weight is 356 g/mol. The van der Waals surface area contributed by atoms with Crippen molar-refractivity contribution in [1.82, 2.24) is 10.5 Å². The van der Waals surface area contributed by atoms with Crippen molar-refractivity contribution in [1.29, 1.82) is 0 Å². The Bertz CT molecular complexity index is 743. The highest BCUT2D eigenvalue weighted by Crippen LogP contribution is 2.33. The van der Waals surface area contributed by atoms with E-state index in [-0.39, 0.29) is 0 Å². The lowest BCUT2D eigenvalue weighted by Crippen LogP contribution is -2.36. The maximum atomic E-state index is 5.48. The predicted molar refractivity (Wildman–Crippen MR) is 99.5 cm³/mol. The summed E-state index contributed by atoms with van der Waals surface area (Å²) in [6, 6.07) is 8.93. The van der Waals surface area contributed by atoms with Gasteiger partial charge in [-0.2, -0.15) is 0 Å². The minimum atomic E-state index is 0.337. The van der Waals surface area contributed by atoms with Crippen molar-refractivity contribution >= 4 is 0 Å². The summed E-state index contributed by atoms with van der Waals surface area (Å²) in [4.78, 5) is 0. The SMILES string of the molecule is Cc1cc(C[C@@H]2CCC[C@H]2NC[C@@H](C)Cc2ccc3c(c2)OCO3)on1. The average Bonchev–Trinajstić information content (AvgIpc) is 3.34. The topological polar surface area (TPSA) is 56.5 Å². The summed E-state index contributed by atoms with van der Waals surface area (Å²) >= 11 is 0. The van der Waals surface area contributed by atoms with E-state index in [0.29, 0.717) is 24.7 Å². The zero-order valence-electron chi connectivity index (χ0n) is 15.7. The lowest BCUT2D eigenvalue weighted by atomic mass is 9.96. The normalized spacial score (nSPS) is 22.7. The Morgan fingerprint density at radius 2 is 2.08 bits per heavy atom. The van der Waals surface area contributed by atoms with E-state index >= 15 is 0 Å². The van der Waals surface area contributed by atoms with Crippen LogP contribution in [0.1, 0.15) is 43.2 Å². The lowest BCUT2D eigenvalue weighted by Gasteiger charge is -2.22. The van der Waals surface area contributed by atoms with Crippen molar-refractivity contribution in [3.63, 3.8) is 0 Å². The molecule has 0 saturated heterocycles. The molecule has 4 rings (SSSR count). The molecule has 0 unspecified atom stereocenters. The molecule has 2 heterocycles. The van der Waals surface area contributed by atoms with Gasteiger partial charge in [0.1, 0.15) is 5.76 Å². The van der Waals surface area contributed by atoms with E-state index in [0.717, 1.165) is 42.3 Å². The number of aromatic nitrogens is 1. The molecule has 0 amide bonds. The number of ether oxygens (including phenoxy) is 2. The van der Waals surface area contributed by atoms with Crippen molar-refractivity contribution in [2.75, 3.05) is 13.3 Å². The summed E-state index contributed by atoms with van der Waals surface area (Å²) in [6.45, 7) is 5.66. The summed E-state index contributed by atoms with van der Waals surface area (Å²) in [7, 11) is 0. The molecule has 5 nitrogen and oxygen atoms in total. The van der Waals surface area contributed by atoms with Gasteiger partial charge in [0.2, 0.25) is 6.79 Å². The zero-order valence-corrected chi connectivity index (χ0v) is 15.7. The third-order valence-electron chi connectivity index (χ3n) is 5.55. The van der Waals surface area contributed by atoms with E-state index in [9.17, 15) is 0 Å². The molecule has 140 valence electrons. The van der Waals surface area contributed by atoms with Crippen LogP contribution in [0.15, 0.2) is 28.8 Å². The van der Waals surface area contributed by atoms with Crippen LogP contribution in [0.2, 0.25) is 0 Å². The van der Waals surface area contributed by atoms with Gasteiger partial charge in [0, 0.05) is 18.5 Å². The van der Waals surface area contributed by atoms with Gasteiger partial charge < -0.3 is 19.3 Å². The third kappa shape index (κ3) is 4.04. The van der Waals surface area contributed by atoms with Gasteiger partial charge in [-0.1, -0.05) is 24.6 Å². The van der Waals surface area contributed by atoms with Gasteiger partial charge in [-0.15, -0.1) is 0 Å². The molecule has 1 fully saturated rings. The molecule has 1 aromatic carbocycles. The Balaban J connectivity index is 1.27. The Morgan fingerprint density at radius 3 is 2.92 bits per heavy atom. The molecule has 1 saturated carbocycles. The van der Waals surface area contributed by atoms with Crippen molar-refractivity contribution in [2.24, 2.45) is 11.8 Å². The smallest absolute Gasteiger partial charge is 0.231 e. The van der Waals surface area contributed by atoms with Gasteiger partial charge >= 0.3 is 0 Å². The molecule has 3 atom stereocenters. The van der Waals surface area contributed by atoms with E-state index in [1.807, 2.05) is 13.0 Å². The zero-order chi connectivity index (χ0) is 17.9. The van der Waals surface area contributed by atoms with Crippen LogP contribution in [-0.2, 0) is 12.8 Å². The maximum Gasteiger partial charge on any atom is 0.231 e. The van der Waals surface area contributed by atoms with Crippen LogP contribution in [0.4, 0.5) is 0 Å². The number of benzene rings is 1. The first-order chi connectivity index (χ1) is 12.7.